The fourth-order valence-electron chi connectivity index (χ4n) is 4.38. The summed E-state index contributed by atoms with van der Waals surface area (Å²) >= 11 is 3.32. The number of nitrogens with one attached hydrogen (secondary N) is 1. The van der Waals surface area contributed by atoms with Crippen LogP contribution in [0, 0.1) is 11.6 Å². The predicted octanol–water partition coefficient (Wildman–Crippen LogP) is 4.62. The summed E-state index contributed by atoms with van der Waals surface area (Å²) in [5, 5.41) is 0. The molecular weight excluding hydrogens is 490 g/mol. The smallest absolute Gasteiger partial charge is 0.264 e. The number of benzene rings is 1. The molecule has 0 radical (unpaired) electrons. The van der Waals surface area contributed by atoms with Gasteiger partial charge in [-0.1, -0.05) is 6.42 Å². The van der Waals surface area contributed by atoms with Gasteiger partial charge in [0, 0.05) is 37.3 Å². The van der Waals surface area contributed by atoms with Gasteiger partial charge in [-0.15, -0.1) is 0 Å². The molecule has 170 valence electrons. The number of aromatic nitrogens is 1. The van der Waals surface area contributed by atoms with Crippen LogP contribution in [0.25, 0.3) is 0 Å². The summed E-state index contributed by atoms with van der Waals surface area (Å²) in [5.74, 6) is -1.47. The van der Waals surface area contributed by atoms with Gasteiger partial charge in [-0.2, -0.15) is 0 Å². The molecule has 0 saturated carbocycles. The molecule has 6 nitrogen and oxygen atoms in total. The van der Waals surface area contributed by atoms with Crippen LogP contribution in [0.2, 0.25) is 0 Å². The summed E-state index contributed by atoms with van der Waals surface area (Å²) in [7, 11) is -4.25. The van der Waals surface area contributed by atoms with Gasteiger partial charge < -0.3 is 9.80 Å². The molecule has 2 fully saturated rings. The first-order valence-corrected chi connectivity index (χ1v) is 12.7. The van der Waals surface area contributed by atoms with E-state index in [2.05, 4.69) is 35.4 Å². The van der Waals surface area contributed by atoms with Gasteiger partial charge in [0.1, 0.15) is 16.5 Å². The van der Waals surface area contributed by atoms with Gasteiger partial charge in [-0.25, -0.2) is 22.2 Å². The molecule has 2 aliphatic heterocycles. The molecule has 1 N–H and O–H groups in total. The van der Waals surface area contributed by atoms with Crippen molar-refractivity contribution in [3.8, 4) is 0 Å². The second-order valence-electron chi connectivity index (χ2n) is 8.02. The largest absolute Gasteiger partial charge is 0.355 e. The first kappa shape index (κ1) is 22.4. The number of hydrogen-bond acceptors (Lipinski definition) is 5. The lowest BCUT2D eigenvalue weighted by Crippen LogP contribution is -2.47. The minimum absolute atomic E-state index is 0. The van der Waals surface area contributed by atoms with Crippen LogP contribution in [-0.2, 0) is 10.0 Å². The highest BCUT2D eigenvalue weighted by Gasteiger charge is 2.28. The zero-order valence-corrected chi connectivity index (χ0v) is 19.4. The third-order valence-corrected chi connectivity index (χ3v) is 7.76. The average Bonchev–Trinajstić information content (AvgIpc) is 2.74. The Bertz CT molecular complexity index is 1050. The number of likely N-dealkylation sites (tertiary alicyclic amines) is 1. The molecule has 1 aromatic carbocycles. The van der Waals surface area contributed by atoms with Crippen molar-refractivity contribution in [1.29, 1.82) is 0 Å². The Kier molecular flexibility index (Phi) is 6.78. The zero-order chi connectivity index (χ0) is 22.0. The molecule has 0 atom stereocenters. The lowest BCUT2D eigenvalue weighted by Gasteiger charge is -2.40. The van der Waals surface area contributed by atoms with Crippen molar-refractivity contribution in [1.82, 2.24) is 9.88 Å². The van der Waals surface area contributed by atoms with E-state index in [1.54, 1.807) is 12.3 Å². The van der Waals surface area contributed by atoms with Crippen molar-refractivity contribution < 1.29 is 18.6 Å². The Hall–Kier alpha value is -1.78. The van der Waals surface area contributed by atoms with Crippen LogP contribution in [-0.4, -0.2) is 50.5 Å². The lowest BCUT2D eigenvalue weighted by atomic mass is 10.00. The quantitative estimate of drug-likeness (QED) is 0.627. The number of anilines is 2. The monoisotopic (exact) mass is 516 g/mol. The number of rotatable bonds is 5. The number of sulfonamides is 1. The molecular formula is C21H27BrF2N4O2S. The minimum atomic E-state index is -4.25. The molecule has 31 heavy (non-hydrogen) atoms. The van der Waals surface area contributed by atoms with Gasteiger partial charge in [-0.3, -0.25) is 4.72 Å². The van der Waals surface area contributed by atoms with E-state index in [1.807, 2.05) is 0 Å². The van der Waals surface area contributed by atoms with Crippen molar-refractivity contribution in [2.75, 3.05) is 35.8 Å². The number of piperidine rings is 2. The molecule has 0 unspecified atom stereocenters. The standard InChI is InChI=1S/C21H25BrF2N4O2S.H2/c22-15-12-19(26-31(29,30)20-5-4-16(23)13-18(20)24)21(25-14-15)28-10-6-17(7-11-28)27-8-2-1-3-9-27;/h4-5,12-14,17,26H,1-3,6-11H2;1H. The molecule has 3 heterocycles. The highest BCUT2D eigenvalue weighted by Crippen LogP contribution is 2.32. The van der Waals surface area contributed by atoms with Crippen molar-refractivity contribution in [2.45, 2.75) is 43.0 Å². The van der Waals surface area contributed by atoms with Gasteiger partial charge >= 0.3 is 0 Å². The lowest BCUT2D eigenvalue weighted by molar-refractivity contribution is 0.141. The topological polar surface area (TPSA) is 65.5 Å². The first-order chi connectivity index (χ1) is 14.8. The van der Waals surface area contributed by atoms with E-state index >= 15 is 0 Å². The second-order valence-corrected chi connectivity index (χ2v) is 10.6. The van der Waals surface area contributed by atoms with Crippen LogP contribution in [0.5, 0.6) is 0 Å². The maximum atomic E-state index is 14.1. The molecule has 2 saturated heterocycles. The van der Waals surface area contributed by atoms with Crippen LogP contribution in [0.3, 0.4) is 0 Å². The van der Waals surface area contributed by atoms with E-state index in [4.69, 9.17) is 0 Å². The van der Waals surface area contributed by atoms with E-state index in [9.17, 15) is 17.2 Å². The Balaban J connectivity index is 0.00000289. The number of halogens is 3. The van der Waals surface area contributed by atoms with E-state index in [-0.39, 0.29) is 7.11 Å². The second kappa shape index (κ2) is 9.38. The summed E-state index contributed by atoms with van der Waals surface area (Å²) in [6.07, 6.45) is 7.38. The Labute approximate surface area is 191 Å². The number of nitrogens with zero attached hydrogens (tertiary/aromatic N) is 3. The van der Waals surface area contributed by atoms with Crippen LogP contribution in [0.15, 0.2) is 39.8 Å². The third kappa shape index (κ3) is 5.18. The van der Waals surface area contributed by atoms with Crippen LogP contribution in [0.1, 0.15) is 33.5 Å². The highest BCUT2D eigenvalue weighted by atomic mass is 79.9. The normalized spacial score (nSPS) is 18.9. The molecule has 4 rings (SSSR count). The van der Waals surface area contributed by atoms with Crippen LogP contribution < -0.4 is 9.62 Å². The fraction of sp³-hybridized carbons (Fsp3) is 0.476. The van der Waals surface area contributed by atoms with Gasteiger partial charge in [0.2, 0.25) is 0 Å². The summed E-state index contributed by atoms with van der Waals surface area (Å²) < 4.78 is 55.9. The Morgan fingerprint density at radius 1 is 1.06 bits per heavy atom. The molecule has 10 heteroatoms. The van der Waals surface area contributed by atoms with Crippen molar-refractivity contribution in [3.63, 3.8) is 0 Å². The van der Waals surface area contributed by atoms with E-state index < -0.39 is 26.6 Å². The number of pyridine rings is 1. The molecule has 0 spiro atoms. The third-order valence-electron chi connectivity index (χ3n) is 5.93. The summed E-state index contributed by atoms with van der Waals surface area (Å²) in [4.78, 5) is 8.46. The summed E-state index contributed by atoms with van der Waals surface area (Å²) in [6.45, 7) is 3.82. The molecule has 2 aliphatic rings. The maximum Gasteiger partial charge on any atom is 0.264 e. The molecule has 2 aromatic rings. The van der Waals surface area contributed by atoms with Crippen molar-refractivity contribution in [2.24, 2.45) is 0 Å². The summed E-state index contributed by atoms with van der Waals surface area (Å²) in [6, 6.07) is 4.55. The molecule has 0 amide bonds. The van der Waals surface area contributed by atoms with Gasteiger partial charge in [0.25, 0.3) is 10.0 Å². The van der Waals surface area contributed by atoms with Gasteiger partial charge in [0.15, 0.2) is 5.82 Å². The fourth-order valence-corrected chi connectivity index (χ4v) is 5.82. The molecule has 0 aliphatic carbocycles. The first-order valence-electron chi connectivity index (χ1n) is 10.5. The zero-order valence-electron chi connectivity index (χ0n) is 17.0. The molecule has 0 bridgehead atoms. The SMILES string of the molecule is O=S(=O)(Nc1cc(Br)cnc1N1CCC(N2CCCCC2)CC1)c1ccc(F)cc1F.[HH]. The van der Waals surface area contributed by atoms with Crippen molar-refractivity contribution >= 4 is 37.5 Å². The van der Waals surface area contributed by atoms with E-state index in [0.717, 1.165) is 51.2 Å². The molecule has 1 aromatic heterocycles. The predicted molar refractivity (Wildman–Crippen MR) is 122 cm³/mol. The Morgan fingerprint density at radius 3 is 2.45 bits per heavy atom. The average molecular weight is 517 g/mol. The van der Waals surface area contributed by atoms with E-state index in [0.29, 0.717) is 22.4 Å². The Morgan fingerprint density at radius 2 is 1.77 bits per heavy atom. The maximum absolute atomic E-state index is 14.1. The number of hydrogen-bond donors (Lipinski definition) is 1. The van der Waals surface area contributed by atoms with Crippen molar-refractivity contribution in [3.05, 3.63) is 46.6 Å². The van der Waals surface area contributed by atoms with Gasteiger partial charge in [-0.05, 0) is 72.9 Å². The van der Waals surface area contributed by atoms with Gasteiger partial charge in [0.05, 0.1) is 5.69 Å². The van der Waals surface area contributed by atoms with Crippen LogP contribution >= 0.6 is 15.9 Å². The minimum Gasteiger partial charge on any atom is -0.355 e. The van der Waals surface area contributed by atoms with E-state index in [1.165, 1.54) is 19.3 Å². The van der Waals surface area contributed by atoms with Crippen LogP contribution in [0.4, 0.5) is 20.3 Å². The highest BCUT2D eigenvalue weighted by molar-refractivity contribution is 9.10. The summed E-state index contributed by atoms with van der Waals surface area (Å²) in [5.41, 5.74) is 0.259.